The summed E-state index contributed by atoms with van der Waals surface area (Å²) in [4.78, 5) is 3.21. The third kappa shape index (κ3) is 4.55. The Hall–Kier alpha value is -1.56. The fourth-order valence-electron chi connectivity index (χ4n) is 1.76. The number of ether oxygens (including phenoxy) is 2. The van der Waals surface area contributed by atoms with Crippen molar-refractivity contribution < 1.29 is 9.47 Å². The third-order valence-corrected chi connectivity index (χ3v) is 2.71. The molecule has 0 aliphatic rings. The molecule has 1 aromatic carbocycles. The van der Waals surface area contributed by atoms with Crippen molar-refractivity contribution in [1.82, 2.24) is 4.98 Å². The van der Waals surface area contributed by atoms with E-state index >= 15 is 0 Å². The fraction of sp³-hybridized carbons (Fsp3) is 0.429. The van der Waals surface area contributed by atoms with Gasteiger partial charge < -0.3 is 25.9 Å². The van der Waals surface area contributed by atoms with Crippen LogP contribution in [0.5, 0.6) is 5.75 Å². The number of nitrogens with two attached hydrogens (primary N) is 2. The van der Waals surface area contributed by atoms with E-state index in [4.69, 9.17) is 16.2 Å². The lowest BCUT2D eigenvalue weighted by molar-refractivity contribution is 0.207. The summed E-state index contributed by atoms with van der Waals surface area (Å²) in [6.07, 6.45) is 2.91. The van der Waals surface area contributed by atoms with Crippen molar-refractivity contribution in [3.63, 3.8) is 0 Å². The Labute approximate surface area is 113 Å². The molecule has 0 amide bonds. The van der Waals surface area contributed by atoms with Crippen molar-refractivity contribution in [3.8, 4) is 5.75 Å². The average Bonchev–Trinajstić information content (AvgIpc) is 2.83. The smallest absolute Gasteiger partial charge is 0.119 e. The first-order chi connectivity index (χ1) is 9.26. The lowest BCUT2D eigenvalue weighted by Gasteiger charge is -2.00. The standard InChI is InChI=1S/C11H14N2O.C3H9NO/c1-14-9-2-3-11-10(6-9)8(4-5-12)7-13-11;1-5-3-2-4/h2-3,6-7,13H,4-5,12H2,1H3;2-4H2,1H3. The van der Waals surface area contributed by atoms with Crippen molar-refractivity contribution in [2.45, 2.75) is 6.42 Å². The summed E-state index contributed by atoms with van der Waals surface area (Å²) >= 11 is 0. The Balaban J connectivity index is 0.000000312. The topological polar surface area (TPSA) is 86.3 Å². The molecule has 0 saturated carbocycles. The molecule has 2 rings (SSSR count). The number of methoxy groups -OCH3 is 2. The van der Waals surface area contributed by atoms with E-state index in [1.807, 2.05) is 24.4 Å². The van der Waals surface area contributed by atoms with Gasteiger partial charge in [-0.2, -0.15) is 0 Å². The highest BCUT2D eigenvalue weighted by atomic mass is 16.5. The van der Waals surface area contributed by atoms with Gasteiger partial charge in [-0.1, -0.05) is 0 Å². The Morgan fingerprint density at radius 3 is 2.47 bits per heavy atom. The molecule has 0 spiro atoms. The molecule has 0 radical (unpaired) electrons. The summed E-state index contributed by atoms with van der Waals surface area (Å²) in [5.41, 5.74) is 12.9. The van der Waals surface area contributed by atoms with Crippen LogP contribution < -0.4 is 16.2 Å². The molecule has 0 aliphatic carbocycles. The van der Waals surface area contributed by atoms with E-state index < -0.39 is 0 Å². The summed E-state index contributed by atoms with van der Waals surface area (Å²) in [5.74, 6) is 0.885. The van der Waals surface area contributed by atoms with Crippen LogP contribution >= 0.6 is 0 Å². The molecule has 0 aliphatic heterocycles. The lowest BCUT2D eigenvalue weighted by atomic mass is 10.1. The summed E-state index contributed by atoms with van der Waals surface area (Å²) in [7, 11) is 3.31. The Morgan fingerprint density at radius 1 is 1.16 bits per heavy atom. The second-order valence-electron chi connectivity index (χ2n) is 4.05. The molecular weight excluding hydrogens is 242 g/mol. The summed E-state index contributed by atoms with van der Waals surface area (Å²) in [5, 5.41) is 1.20. The highest BCUT2D eigenvalue weighted by Crippen LogP contribution is 2.23. The molecule has 5 N–H and O–H groups in total. The second kappa shape index (κ2) is 8.53. The Kier molecular flexibility index (Phi) is 6.95. The van der Waals surface area contributed by atoms with Crippen molar-refractivity contribution in [1.29, 1.82) is 0 Å². The predicted molar refractivity (Wildman–Crippen MR) is 78.5 cm³/mol. The van der Waals surface area contributed by atoms with Gasteiger partial charge >= 0.3 is 0 Å². The number of fused-ring (bicyclic) bond motifs is 1. The molecule has 0 atom stereocenters. The van der Waals surface area contributed by atoms with Gasteiger partial charge in [0.2, 0.25) is 0 Å². The number of aromatic amines is 1. The highest BCUT2D eigenvalue weighted by Gasteiger charge is 2.03. The van der Waals surface area contributed by atoms with E-state index in [0.29, 0.717) is 19.7 Å². The van der Waals surface area contributed by atoms with Crippen molar-refractivity contribution >= 4 is 10.9 Å². The van der Waals surface area contributed by atoms with Gasteiger partial charge in [-0.05, 0) is 36.7 Å². The number of aromatic nitrogens is 1. The number of hydrogen-bond acceptors (Lipinski definition) is 4. The largest absolute Gasteiger partial charge is 0.497 e. The molecule has 5 heteroatoms. The number of H-pyrrole nitrogens is 1. The number of benzene rings is 1. The zero-order valence-electron chi connectivity index (χ0n) is 11.6. The van der Waals surface area contributed by atoms with Crippen LogP contribution in [-0.2, 0) is 11.2 Å². The first-order valence-corrected chi connectivity index (χ1v) is 6.29. The minimum Gasteiger partial charge on any atom is -0.497 e. The van der Waals surface area contributed by atoms with Crippen molar-refractivity contribution in [2.24, 2.45) is 11.5 Å². The van der Waals surface area contributed by atoms with Gasteiger partial charge in [0.05, 0.1) is 13.7 Å². The summed E-state index contributed by atoms with van der Waals surface area (Å²) in [6.45, 7) is 1.96. The molecule has 0 unspecified atom stereocenters. The number of rotatable bonds is 5. The van der Waals surface area contributed by atoms with Crippen LogP contribution in [0.15, 0.2) is 24.4 Å². The van der Waals surface area contributed by atoms with Crippen molar-refractivity contribution in [2.75, 3.05) is 33.9 Å². The van der Waals surface area contributed by atoms with Gasteiger partial charge in [0.15, 0.2) is 0 Å². The zero-order valence-corrected chi connectivity index (χ0v) is 11.6. The SMILES string of the molecule is COCCN.COc1ccc2[nH]cc(CCN)c2c1. The van der Waals surface area contributed by atoms with Gasteiger partial charge in [0, 0.05) is 30.8 Å². The van der Waals surface area contributed by atoms with E-state index in [0.717, 1.165) is 17.7 Å². The minimum absolute atomic E-state index is 0.622. The lowest BCUT2D eigenvalue weighted by Crippen LogP contribution is -2.05. The second-order valence-corrected chi connectivity index (χ2v) is 4.05. The fourth-order valence-corrected chi connectivity index (χ4v) is 1.76. The number of nitrogens with one attached hydrogen (secondary N) is 1. The van der Waals surface area contributed by atoms with E-state index in [9.17, 15) is 0 Å². The van der Waals surface area contributed by atoms with Crippen LogP contribution in [0.4, 0.5) is 0 Å². The average molecular weight is 265 g/mol. The molecule has 106 valence electrons. The maximum Gasteiger partial charge on any atom is 0.119 e. The molecule has 2 aromatic rings. The normalized spacial score (nSPS) is 10.1. The maximum atomic E-state index is 5.54. The maximum absolute atomic E-state index is 5.54. The van der Waals surface area contributed by atoms with Gasteiger partial charge in [-0.15, -0.1) is 0 Å². The van der Waals surface area contributed by atoms with Gasteiger partial charge in [-0.3, -0.25) is 0 Å². The Bertz CT molecular complexity index is 480. The van der Waals surface area contributed by atoms with Gasteiger partial charge in [0.25, 0.3) is 0 Å². The molecule has 0 saturated heterocycles. The van der Waals surface area contributed by atoms with E-state index in [1.54, 1.807) is 14.2 Å². The first kappa shape index (κ1) is 15.5. The van der Waals surface area contributed by atoms with Crippen molar-refractivity contribution in [3.05, 3.63) is 30.0 Å². The third-order valence-electron chi connectivity index (χ3n) is 2.71. The van der Waals surface area contributed by atoms with Crippen LogP contribution in [-0.4, -0.2) is 38.9 Å². The zero-order chi connectivity index (χ0) is 14.1. The Morgan fingerprint density at radius 2 is 1.95 bits per heavy atom. The van der Waals surface area contributed by atoms with Crippen LogP contribution in [0, 0.1) is 0 Å². The monoisotopic (exact) mass is 265 g/mol. The first-order valence-electron chi connectivity index (χ1n) is 6.29. The quantitative estimate of drug-likeness (QED) is 0.760. The molecule has 1 aromatic heterocycles. The van der Waals surface area contributed by atoms with E-state index in [1.165, 1.54) is 10.9 Å². The number of hydrogen-bond donors (Lipinski definition) is 3. The molecule has 19 heavy (non-hydrogen) atoms. The highest BCUT2D eigenvalue weighted by molar-refractivity contribution is 5.84. The molecule has 0 bridgehead atoms. The van der Waals surface area contributed by atoms with E-state index in [-0.39, 0.29) is 0 Å². The van der Waals surface area contributed by atoms with Crippen LogP contribution in [0.1, 0.15) is 5.56 Å². The molecule has 5 nitrogen and oxygen atoms in total. The van der Waals surface area contributed by atoms with Gasteiger partial charge in [-0.25, -0.2) is 0 Å². The van der Waals surface area contributed by atoms with Crippen LogP contribution in [0.2, 0.25) is 0 Å². The van der Waals surface area contributed by atoms with Crippen LogP contribution in [0.25, 0.3) is 10.9 Å². The molecule has 1 heterocycles. The van der Waals surface area contributed by atoms with Crippen LogP contribution in [0.3, 0.4) is 0 Å². The molecule has 0 fully saturated rings. The minimum atomic E-state index is 0.622. The summed E-state index contributed by atoms with van der Waals surface area (Å²) in [6, 6.07) is 6.01. The predicted octanol–water partition coefficient (Wildman–Crippen LogP) is 1.27. The van der Waals surface area contributed by atoms with E-state index in [2.05, 4.69) is 9.72 Å². The van der Waals surface area contributed by atoms with Gasteiger partial charge in [0.1, 0.15) is 5.75 Å². The summed E-state index contributed by atoms with van der Waals surface area (Å²) < 4.78 is 9.75. The molecular formula is C14H23N3O2.